The largest absolute Gasteiger partial charge is 0.493 e. The molecule has 0 amide bonds. The summed E-state index contributed by atoms with van der Waals surface area (Å²) in [6.07, 6.45) is 1.94. The molecular formula is C17H24O4. The van der Waals surface area contributed by atoms with E-state index in [2.05, 4.69) is 0 Å². The number of benzene rings is 1. The van der Waals surface area contributed by atoms with Gasteiger partial charge in [-0.2, -0.15) is 0 Å². The average Bonchev–Trinajstić information content (AvgIpc) is 2.48. The van der Waals surface area contributed by atoms with Gasteiger partial charge in [-0.25, -0.2) is 0 Å². The highest BCUT2D eigenvalue weighted by Crippen LogP contribution is 2.49. The highest BCUT2D eigenvalue weighted by Gasteiger charge is 2.54. The average molecular weight is 292 g/mol. The summed E-state index contributed by atoms with van der Waals surface area (Å²) >= 11 is 0. The molecule has 0 saturated heterocycles. The van der Waals surface area contributed by atoms with Gasteiger partial charge in [-0.05, 0) is 37.5 Å². The normalized spacial score (nSPS) is 19.9. The van der Waals surface area contributed by atoms with E-state index in [-0.39, 0.29) is 11.5 Å². The third kappa shape index (κ3) is 2.47. The van der Waals surface area contributed by atoms with Crippen molar-refractivity contribution in [1.82, 2.24) is 0 Å². The third-order valence-corrected chi connectivity index (χ3v) is 4.67. The smallest absolute Gasteiger partial charge is 0.203 e. The van der Waals surface area contributed by atoms with Gasteiger partial charge in [-0.3, -0.25) is 4.79 Å². The minimum absolute atomic E-state index is 0.106. The van der Waals surface area contributed by atoms with Crippen LogP contribution in [0, 0.1) is 12.3 Å². The Bertz CT molecular complexity index is 507. The van der Waals surface area contributed by atoms with E-state index in [0.717, 1.165) is 18.4 Å². The topological polar surface area (TPSA) is 44.8 Å². The molecule has 4 nitrogen and oxygen atoms in total. The Kier molecular flexibility index (Phi) is 4.45. The van der Waals surface area contributed by atoms with Crippen LogP contribution in [0.25, 0.3) is 0 Å². The van der Waals surface area contributed by atoms with Crippen LogP contribution < -0.4 is 14.2 Å². The molecule has 1 aliphatic carbocycles. The van der Waals surface area contributed by atoms with Gasteiger partial charge in [0.2, 0.25) is 5.75 Å². The Morgan fingerprint density at radius 2 is 1.67 bits per heavy atom. The number of aryl methyl sites for hydroxylation is 1. The van der Waals surface area contributed by atoms with Crippen molar-refractivity contribution in [2.45, 2.75) is 46.1 Å². The SMILES string of the molecule is CCC1(CC)C(=O)CC1Oc1c(OC)cc(C)cc1OC. The van der Waals surface area contributed by atoms with E-state index in [0.29, 0.717) is 29.5 Å². The summed E-state index contributed by atoms with van der Waals surface area (Å²) in [7, 11) is 3.22. The molecule has 1 atom stereocenters. The lowest BCUT2D eigenvalue weighted by Gasteiger charge is -2.46. The van der Waals surface area contributed by atoms with Crippen molar-refractivity contribution in [1.29, 1.82) is 0 Å². The molecule has 2 rings (SSSR count). The summed E-state index contributed by atoms with van der Waals surface area (Å²) in [6.45, 7) is 6.06. The zero-order chi connectivity index (χ0) is 15.6. The van der Waals surface area contributed by atoms with Crippen molar-refractivity contribution in [2.75, 3.05) is 14.2 Å². The Labute approximate surface area is 126 Å². The number of hydrogen-bond acceptors (Lipinski definition) is 4. The molecule has 0 radical (unpaired) electrons. The van der Waals surface area contributed by atoms with E-state index >= 15 is 0 Å². The minimum Gasteiger partial charge on any atom is -0.493 e. The molecule has 1 saturated carbocycles. The lowest BCUT2D eigenvalue weighted by Crippen LogP contribution is -2.56. The number of carbonyl (C=O) groups is 1. The molecule has 21 heavy (non-hydrogen) atoms. The second-order valence-electron chi connectivity index (χ2n) is 5.60. The van der Waals surface area contributed by atoms with E-state index in [4.69, 9.17) is 14.2 Å². The van der Waals surface area contributed by atoms with E-state index < -0.39 is 0 Å². The standard InChI is InChI=1S/C17H24O4/c1-6-17(7-2)14(18)10-15(17)21-16-12(19-4)8-11(3)9-13(16)20-5/h8-9,15H,6-7,10H2,1-5H3. The van der Waals surface area contributed by atoms with Crippen molar-refractivity contribution in [3.05, 3.63) is 17.7 Å². The summed E-state index contributed by atoms with van der Waals surface area (Å²) < 4.78 is 17.0. The van der Waals surface area contributed by atoms with Crippen LogP contribution in [0.4, 0.5) is 0 Å². The molecule has 1 aromatic rings. The van der Waals surface area contributed by atoms with Gasteiger partial charge in [-0.1, -0.05) is 13.8 Å². The van der Waals surface area contributed by atoms with Crippen LogP contribution in [0.5, 0.6) is 17.2 Å². The van der Waals surface area contributed by atoms with Crippen LogP contribution in [0.3, 0.4) is 0 Å². The first-order valence-electron chi connectivity index (χ1n) is 7.45. The summed E-state index contributed by atoms with van der Waals surface area (Å²) in [5, 5.41) is 0. The van der Waals surface area contributed by atoms with E-state index in [9.17, 15) is 4.79 Å². The molecule has 0 bridgehead atoms. The number of ketones is 1. The number of Topliss-reactive ketones (excluding diaryl/α,β-unsaturated/α-hetero) is 1. The van der Waals surface area contributed by atoms with Gasteiger partial charge in [0.15, 0.2) is 11.5 Å². The van der Waals surface area contributed by atoms with Gasteiger partial charge >= 0.3 is 0 Å². The lowest BCUT2D eigenvalue weighted by atomic mass is 9.61. The number of carbonyl (C=O) groups excluding carboxylic acids is 1. The molecule has 1 fully saturated rings. The van der Waals surface area contributed by atoms with E-state index in [1.165, 1.54) is 0 Å². The Hall–Kier alpha value is -1.71. The first-order valence-corrected chi connectivity index (χ1v) is 7.45. The number of hydrogen-bond donors (Lipinski definition) is 0. The lowest BCUT2D eigenvalue weighted by molar-refractivity contribution is -0.153. The Morgan fingerprint density at radius 1 is 1.14 bits per heavy atom. The third-order valence-electron chi connectivity index (χ3n) is 4.67. The van der Waals surface area contributed by atoms with Crippen LogP contribution in [-0.4, -0.2) is 26.1 Å². The maximum atomic E-state index is 12.0. The van der Waals surface area contributed by atoms with Crippen LogP contribution >= 0.6 is 0 Å². The maximum absolute atomic E-state index is 12.0. The molecule has 1 aliphatic rings. The van der Waals surface area contributed by atoms with Crippen LogP contribution in [0.2, 0.25) is 0 Å². The molecule has 0 aliphatic heterocycles. The fourth-order valence-corrected chi connectivity index (χ4v) is 3.14. The molecule has 116 valence electrons. The van der Waals surface area contributed by atoms with Crippen LogP contribution in [0.1, 0.15) is 38.7 Å². The van der Waals surface area contributed by atoms with Crippen molar-refractivity contribution >= 4 is 5.78 Å². The molecule has 0 aromatic heterocycles. The fourth-order valence-electron chi connectivity index (χ4n) is 3.14. The molecule has 0 heterocycles. The van der Waals surface area contributed by atoms with Crippen LogP contribution in [-0.2, 0) is 4.79 Å². The Balaban J connectivity index is 2.34. The van der Waals surface area contributed by atoms with Gasteiger partial charge in [0.1, 0.15) is 11.9 Å². The predicted molar refractivity (Wildman–Crippen MR) is 81.3 cm³/mol. The maximum Gasteiger partial charge on any atom is 0.203 e. The minimum atomic E-state index is -0.360. The van der Waals surface area contributed by atoms with Crippen molar-refractivity contribution in [2.24, 2.45) is 5.41 Å². The van der Waals surface area contributed by atoms with Gasteiger partial charge in [0.05, 0.1) is 19.6 Å². The summed E-state index contributed by atoms with van der Waals surface area (Å²) in [5.41, 5.74) is 0.680. The van der Waals surface area contributed by atoms with Gasteiger partial charge in [-0.15, -0.1) is 0 Å². The van der Waals surface area contributed by atoms with Gasteiger partial charge in [0.25, 0.3) is 0 Å². The number of rotatable bonds is 6. The summed E-state index contributed by atoms with van der Waals surface area (Å²) in [6, 6.07) is 3.83. The predicted octanol–water partition coefficient (Wildman–Crippen LogP) is 3.54. The van der Waals surface area contributed by atoms with Crippen LogP contribution in [0.15, 0.2) is 12.1 Å². The van der Waals surface area contributed by atoms with Gasteiger partial charge in [0, 0.05) is 6.42 Å². The molecule has 0 N–H and O–H groups in total. The zero-order valence-electron chi connectivity index (χ0n) is 13.5. The van der Waals surface area contributed by atoms with Crippen molar-refractivity contribution < 1.29 is 19.0 Å². The second kappa shape index (κ2) is 5.96. The number of ether oxygens (including phenoxy) is 3. The molecule has 1 aromatic carbocycles. The van der Waals surface area contributed by atoms with E-state index in [1.54, 1.807) is 14.2 Å². The van der Waals surface area contributed by atoms with E-state index in [1.807, 2.05) is 32.9 Å². The Morgan fingerprint density at radius 3 is 2.05 bits per heavy atom. The molecular weight excluding hydrogens is 268 g/mol. The monoisotopic (exact) mass is 292 g/mol. The molecule has 0 spiro atoms. The highest BCUT2D eigenvalue weighted by atomic mass is 16.5. The molecule has 1 unspecified atom stereocenters. The summed E-state index contributed by atoms with van der Waals surface area (Å²) in [5.74, 6) is 2.18. The highest BCUT2D eigenvalue weighted by molar-refractivity contribution is 5.92. The fraction of sp³-hybridized carbons (Fsp3) is 0.588. The molecule has 4 heteroatoms. The van der Waals surface area contributed by atoms with Crippen molar-refractivity contribution in [3.8, 4) is 17.2 Å². The second-order valence-corrected chi connectivity index (χ2v) is 5.60. The number of methoxy groups -OCH3 is 2. The van der Waals surface area contributed by atoms with Gasteiger partial charge < -0.3 is 14.2 Å². The first kappa shape index (κ1) is 15.7. The quantitative estimate of drug-likeness (QED) is 0.804. The first-order chi connectivity index (χ1) is 10.0. The zero-order valence-corrected chi connectivity index (χ0v) is 13.5. The summed E-state index contributed by atoms with van der Waals surface area (Å²) in [4.78, 5) is 12.0. The van der Waals surface area contributed by atoms with Crippen molar-refractivity contribution in [3.63, 3.8) is 0 Å².